The fourth-order valence-corrected chi connectivity index (χ4v) is 1.73. The predicted octanol–water partition coefficient (Wildman–Crippen LogP) is 1.64. The third-order valence-corrected chi connectivity index (χ3v) is 2.65. The lowest BCUT2D eigenvalue weighted by atomic mass is 10.1. The smallest absolute Gasteiger partial charge is 0.103 e. The summed E-state index contributed by atoms with van der Waals surface area (Å²) >= 11 is 0. The second kappa shape index (κ2) is 6.94. The average Bonchev–Trinajstić information content (AvgIpc) is 2.33. The van der Waals surface area contributed by atoms with Gasteiger partial charge in [0.1, 0.15) is 6.07 Å². The lowest BCUT2D eigenvalue weighted by Crippen LogP contribution is -2.27. The number of nitriles is 1. The molecule has 98 valence electrons. The first-order chi connectivity index (χ1) is 8.62. The van der Waals surface area contributed by atoms with Crippen LogP contribution in [0.15, 0.2) is 6.07 Å². The Hall–Kier alpha value is -1.64. The van der Waals surface area contributed by atoms with Crippen molar-refractivity contribution >= 4 is 5.69 Å². The monoisotopic (exact) mass is 249 g/mol. The number of ether oxygens (including phenoxy) is 2. The van der Waals surface area contributed by atoms with Crippen molar-refractivity contribution in [1.29, 1.82) is 5.26 Å². The largest absolute Gasteiger partial charge is 0.382 e. The Labute approximate surface area is 108 Å². The quantitative estimate of drug-likeness (QED) is 0.830. The first kappa shape index (κ1) is 14.4. The minimum Gasteiger partial charge on any atom is -0.382 e. The second-order valence-corrected chi connectivity index (χ2v) is 4.08. The Morgan fingerprint density at radius 3 is 2.72 bits per heavy atom. The van der Waals surface area contributed by atoms with Crippen LogP contribution in [0.3, 0.4) is 0 Å². The molecule has 1 heterocycles. The van der Waals surface area contributed by atoms with Gasteiger partial charge in [0.05, 0.1) is 29.7 Å². The maximum atomic E-state index is 9.13. The summed E-state index contributed by atoms with van der Waals surface area (Å²) in [6, 6.07) is 4.03. The summed E-state index contributed by atoms with van der Waals surface area (Å²) in [5, 5.41) is 12.3. The topological polar surface area (TPSA) is 67.2 Å². The van der Waals surface area contributed by atoms with Gasteiger partial charge in [-0.05, 0) is 19.9 Å². The van der Waals surface area contributed by atoms with Gasteiger partial charge in [-0.15, -0.1) is 0 Å². The van der Waals surface area contributed by atoms with Gasteiger partial charge in [0, 0.05) is 26.5 Å². The summed E-state index contributed by atoms with van der Waals surface area (Å²) in [5.41, 5.74) is 2.99. The summed E-state index contributed by atoms with van der Waals surface area (Å²) < 4.78 is 10.3. The standard InChI is InChI=1S/C13H19N3O2/c1-9-5-13(12(6-14)10(2)16-9)15-7-11(18-4)8-17-3/h5,11H,7-8H2,1-4H3,(H,15,16). The number of nitrogens with zero attached hydrogens (tertiary/aromatic N) is 2. The molecule has 0 radical (unpaired) electrons. The Morgan fingerprint density at radius 2 is 2.17 bits per heavy atom. The van der Waals surface area contributed by atoms with Gasteiger partial charge < -0.3 is 14.8 Å². The number of pyridine rings is 1. The zero-order valence-electron chi connectivity index (χ0n) is 11.3. The van der Waals surface area contributed by atoms with Gasteiger partial charge in [-0.25, -0.2) is 0 Å². The first-order valence-corrected chi connectivity index (χ1v) is 5.76. The van der Waals surface area contributed by atoms with Crippen LogP contribution in [-0.4, -0.2) is 38.5 Å². The van der Waals surface area contributed by atoms with Gasteiger partial charge >= 0.3 is 0 Å². The molecule has 1 aromatic heterocycles. The maximum absolute atomic E-state index is 9.13. The van der Waals surface area contributed by atoms with Crippen molar-refractivity contribution in [1.82, 2.24) is 4.98 Å². The van der Waals surface area contributed by atoms with Crippen LogP contribution in [0.25, 0.3) is 0 Å². The van der Waals surface area contributed by atoms with Crippen LogP contribution in [0.5, 0.6) is 0 Å². The van der Waals surface area contributed by atoms with Gasteiger partial charge in [0.25, 0.3) is 0 Å². The van der Waals surface area contributed by atoms with Crippen molar-refractivity contribution in [3.05, 3.63) is 23.0 Å². The number of rotatable bonds is 6. The number of nitrogens with one attached hydrogen (secondary N) is 1. The van der Waals surface area contributed by atoms with E-state index >= 15 is 0 Å². The van der Waals surface area contributed by atoms with Crippen molar-refractivity contribution in [2.45, 2.75) is 20.0 Å². The molecular formula is C13H19N3O2. The summed E-state index contributed by atoms with van der Waals surface area (Å²) in [6.45, 7) is 4.83. The highest BCUT2D eigenvalue weighted by atomic mass is 16.5. The minimum atomic E-state index is -0.0460. The van der Waals surface area contributed by atoms with E-state index in [1.54, 1.807) is 14.2 Å². The number of methoxy groups -OCH3 is 2. The van der Waals surface area contributed by atoms with E-state index in [1.165, 1.54) is 0 Å². The maximum Gasteiger partial charge on any atom is 0.103 e. The molecule has 0 saturated heterocycles. The molecular weight excluding hydrogens is 230 g/mol. The molecule has 0 saturated carbocycles. The van der Waals surface area contributed by atoms with Crippen molar-refractivity contribution in [2.24, 2.45) is 0 Å². The highest BCUT2D eigenvalue weighted by molar-refractivity contribution is 5.59. The van der Waals surface area contributed by atoms with Crippen molar-refractivity contribution in [3.8, 4) is 6.07 Å². The molecule has 0 bridgehead atoms. The van der Waals surface area contributed by atoms with Gasteiger partial charge in [-0.1, -0.05) is 0 Å². The molecule has 5 nitrogen and oxygen atoms in total. The van der Waals surface area contributed by atoms with Gasteiger partial charge in [-0.3, -0.25) is 4.98 Å². The minimum absolute atomic E-state index is 0.0460. The van der Waals surface area contributed by atoms with Crippen molar-refractivity contribution in [2.75, 3.05) is 32.7 Å². The molecule has 1 N–H and O–H groups in total. The molecule has 18 heavy (non-hydrogen) atoms. The lowest BCUT2D eigenvalue weighted by Gasteiger charge is -2.17. The number of hydrogen-bond donors (Lipinski definition) is 1. The molecule has 0 aliphatic rings. The van der Waals surface area contributed by atoms with Crippen LogP contribution in [0, 0.1) is 25.2 Å². The van der Waals surface area contributed by atoms with E-state index in [2.05, 4.69) is 16.4 Å². The Kier molecular flexibility index (Phi) is 5.56. The van der Waals surface area contributed by atoms with Gasteiger partial charge in [0.15, 0.2) is 0 Å². The van der Waals surface area contributed by atoms with E-state index < -0.39 is 0 Å². The van der Waals surface area contributed by atoms with Crippen molar-refractivity contribution in [3.63, 3.8) is 0 Å². The number of hydrogen-bond acceptors (Lipinski definition) is 5. The average molecular weight is 249 g/mol. The molecule has 0 fully saturated rings. The van der Waals surface area contributed by atoms with E-state index in [0.717, 1.165) is 17.1 Å². The van der Waals surface area contributed by atoms with E-state index in [4.69, 9.17) is 14.7 Å². The lowest BCUT2D eigenvalue weighted by molar-refractivity contribution is 0.0365. The summed E-state index contributed by atoms with van der Waals surface area (Å²) in [4.78, 5) is 4.27. The predicted molar refractivity (Wildman–Crippen MR) is 69.6 cm³/mol. The van der Waals surface area contributed by atoms with E-state index in [-0.39, 0.29) is 6.10 Å². The Balaban J connectivity index is 2.81. The van der Waals surface area contributed by atoms with Crippen LogP contribution in [-0.2, 0) is 9.47 Å². The zero-order chi connectivity index (χ0) is 13.5. The number of anilines is 1. The summed E-state index contributed by atoms with van der Waals surface area (Å²) in [6.07, 6.45) is -0.0460. The van der Waals surface area contributed by atoms with E-state index in [0.29, 0.717) is 18.7 Å². The zero-order valence-corrected chi connectivity index (χ0v) is 11.3. The first-order valence-electron chi connectivity index (χ1n) is 5.76. The highest BCUT2D eigenvalue weighted by Gasteiger charge is 2.11. The van der Waals surface area contributed by atoms with Crippen LogP contribution in [0.4, 0.5) is 5.69 Å². The molecule has 0 aromatic carbocycles. The molecule has 0 amide bonds. The van der Waals surface area contributed by atoms with Crippen LogP contribution < -0.4 is 5.32 Å². The summed E-state index contributed by atoms with van der Waals surface area (Å²) in [5.74, 6) is 0. The van der Waals surface area contributed by atoms with Crippen molar-refractivity contribution < 1.29 is 9.47 Å². The molecule has 5 heteroatoms. The molecule has 0 spiro atoms. The van der Waals surface area contributed by atoms with Crippen LogP contribution >= 0.6 is 0 Å². The molecule has 1 atom stereocenters. The van der Waals surface area contributed by atoms with E-state index in [9.17, 15) is 0 Å². The van der Waals surface area contributed by atoms with Crippen LogP contribution in [0.1, 0.15) is 17.0 Å². The molecule has 0 aliphatic carbocycles. The third-order valence-electron chi connectivity index (χ3n) is 2.65. The normalized spacial score (nSPS) is 11.9. The van der Waals surface area contributed by atoms with E-state index in [1.807, 2.05) is 19.9 Å². The Bertz CT molecular complexity index is 441. The Morgan fingerprint density at radius 1 is 1.44 bits per heavy atom. The molecule has 0 aliphatic heterocycles. The highest BCUT2D eigenvalue weighted by Crippen LogP contribution is 2.18. The molecule has 1 unspecified atom stereocenters. The fraction of sp³-hybridized carbons (Fsp3) is 0.538. The van der Waals surface area contributed by atoms with Gasteiger partial charge in [0.2, 0.25) is 0 Å². The van der Waals surface area contributed by atoms with Crippen LogP contribution in [0.2, 0.25) is 0 Å². The van der Waals surface area contributed by atoms with Gasteiger partial charge in [-0.2, -0.15) is 5.26 Å². The third kappa shape index (κ3) is 3.69. The second-order valence-electron chi connectivity index (χ2n) is 4.08. The molecule has 1 aromatic rings. The number of aryl methyl sites for hydroxylation is 2. The summed E-state index contributed by atoms with van der Waals surface area (Å²) in [7, 11) is 3.27. The number of aromatic nitrogens is 1. The SMILES string of the molecule is COCC(CNc1cc(C)nc(C)c1C#N)OC. The molecule has 1 rings (SSSR count). The fourth-order valence-electron chi connectivity index (χ4n) is 1.73.